The van der Waals surface area contributed by atoms with E-state index in [0.29, 0.717) is 25.5 Å². The summed E-state index contributed by atoms with van der Waals surface area (Å²) in [6.07, 6.45) is 5.67. The summed E-state index contributed by atoms with van der Waals surface area (Å²) in [7, 11) is -3.10. The Kier molecular flexibility index (Phi) is 8.08. The van der Waals surface area contributed by atoms with Crippen LogP contribution in [0.2, 0.25) is 0 Å². The lowest BCUT2D eigenvalue weighted by molar-refractivity contribution is 0.592. The van der Waals surface area contributed by atoms with Crippen LogP contribution in [0.1, 0.15) is 18.9 Å². The molecular formula is C16H23N3O2S. The lowest BCUT2D eigenvalue weighted by Crippen LogP contribution is -2.37. The van der Waals surface area contributed by atoms with Gasteiger partial charge < -0.3 is 10.6 Å². The van der Waals surface area contributed by atoms with Gasteiger partial charge in [-0.2, -0.15) is 0 Å². The van der Waals surface area contributed by atoms with Crippen molar-refractivity contribution in [1.82, 2.24) is 10.6 Å². The molecule has 0 aliphatic carbocycles. The van der Waals surface area contributed by atoms with Gasteiger partial charge in [-0.05, 0) is 18.9 Å². The number of nitrogens with one attached hydrogen (secondary N) is 2. The molecule has 1 rings (SSSR count). The van der Waals surface area contributed by atoms with Crippen LogP contribution in [0.3, 0.4) is 0 Å². The highest BCUT2D eigenvalue weighted by Crippen LogP contribution is 2.07. The number of hydrogen-bond donors (Lipinski definition) is 2. The maximum Gasteiger partial charge on any atom is 0.192 e. The zero-order valence-electron chi connectivity index (χ0n) is 12.9. The van der Waals surface area contributed by atoms with Crippen LogP contribution in [0, 0.1) is 12.3 Å². The fraction of sp³-hybridized carbons (Fsp3) is 0.438. The number of benzene rings is 1. The molecule has 1 aromatic carbocycles. The Bertz CT molecular complexity index is 604. The molecule has 0 fully saturated rings. The lowest BCUT2D eigenvalue weighted by atomic mass is 10.2. The Hall–Kier alpha value is -2.00. The van der Waals surface area contributed by atoms with Crippen LogP contribution >= 0.6 is 0 Å². The highest BCUT2D eigenvalue weighted by atomic mass is 32.2. The molecule has 0 saturated carbocycles. The molecule has 120 valence electrons. The van der Waals surface area contributed by atoms with E-state index in [2.05, 4.69) is 21.5 Å². The summed E-state index contributed by atoms with van der Waals surface area (Å²) in [4.78, 5) is 4.30. The van der Waals surface area contributed by atoms with Gasteiger partial charge in [0.1, 0.15) is 0 Å². The van der Waals surface area contributed by atoms with Crippen LogP contribution in [-0.2, 0) is 15.6 Å². The zero-order chi connectivity index (χ0) is 16.3. The lowest BCUT2D eigenvalue weighted by Gasteiger charge is -2.08. The number of terminal acetylenes is 1. The molecule has 0 atom stereocenters. The molecule has 6 heteroatoms. The molecule has 0 aromatic heterocycles. The third kappa shape index (κ3) is 7.70. The van der Waals surface area contributed by atoms with Gasteiger partial charge in [-0.3, -0.25) is 4.99 Å². The SMILES string of the molecule is C#CCNC(=NCCCS(=O)(=O)Cc1ccccc1)NCC. The van der Waals surface area contributed by atoms with Crippen molar-refractivity contribution in [2.45, 2.75) is 19.1 Å². The molecular weight excluding hydrogens is 298 g/mol. The van der Waals surface area contributed by atoms with Crippen molar-refractivity contribution < 1.29 is 8.42 Å². The fourth-order valence-corrected chi connectivity index (χ4v) is 3.27. The summed E-state index contributed by atoms with van der Waals surface area (Å²) in [5.41, 5.74) is 0.815. The molecule has 0 bridgehead atoms. The normalized spacial score (nSPS) is 11.7. The van der Waals surface area contributed by atoms with Crippen LogP contribution in [-0.4, -0.2) is 39.8 Å². The molecule has 1 aromatic rings. The number of aliphatic imine (C=N–C) groups is 1. The van der Waals surface area contributed by atoms with Crippen molar-refractivity contribution in [3.05, 3.63) is 35.9 Å². The third-order valence-corrected chi connectivity index (χ3v) is 4.50. The van der Waals surface area contributed by atoms with Gasteiger partial charge in [0.05, 0.1) is 18.1 Å². The maximum atomic E-state index is 12.0. The van der Waals surface area contributed by atoms with Gasteiger partial charge in [-0.15, -0.1) is 6.42 Å². The molecule has 0 unspecified atom stereocenters. The molecule has 0 heterocycles. The summed E-state index contributed by atoms with van der Waals surface area (Å²) in [5.74, 6) is 3.28. The Morgan fingerprint density at radius 1 is 1.27 bits per heavy atom. The van der Waals surface area contributed by atoms with Crippen molar-refractivity contribution in [1.29, 1.82) is 0 Å². The van der Waals surface area contributed by atoms with Crippen LogP contribution in [0.15, 0.2) is 35.3 Å². The minimum Gasteiger partial charge on any atom is -0.357 e. The molecule has 0 aliphatic heterocycles. The predicted molar refractivity (Wildman–Crippen MR) is 91.4 cm³/mol. The van der Waals surface area contributed by atoms with Gasteiger partial charge in [-0.25, -0.2) is 8.42 Å². The van der Waals surface area contributed by atoms with Gasteiger partial charge in [0.25, 0.3) is 0 Å². The molecule has 0 amide bonds. The van der Waals surface area contributed by atoms with Crippen molar-refractivity contribution in [3.8, 4) is 12.3 Å². The molecule has 0 radical (unpaired) electrons. The monoisotopic (exact) mass is 321 g/mol. The molecule has 0 spiro atoms. The number of sulfone groups is 1. The Morgan fingerprint density at radius 3 is 2.64 bits per heavy atom. The highest BCUT2D eigenvalue weighted by Gasteiger charge is 2.11. The van der Waals surface area contributed by atoms with Crippen LogP contribution in [0.25, 0.3) is 0 Å². The largest absolute Gasteiger partial charge is 0.357 e. The smallest absolute Gasteiger partial charge is 0.192 e. The van der Waals surface area contributed by atoms with E-state index in [1.807, 2.05) is 37.3 Å². The first-order valence-corrected chi connectivity index (χ1v) is 9.09. The average molecular weight is 321 g/mol. The van der Waals surface area contributed by atoms with Gasteiger partial charge in [0, 0.05) is 13.1 Å². The summed E-state index contributed by atoms with van der Waals surface area (Å²) in [5, 5.41) is 6.01. The highest BCUT2D eigenvalue weighted by molar-refractivity contribution is 7.90. The van der Waals surface area contributed by atoms with E-state index in [0.717, 1.165) is 12.1 Å². The van der Waals surface area contributed by atoms with Crippen molar-refractivity contribution >= 4 is 15.8 Å². The Morgan fingerprint density at radius 2 is 2.00 bits per heavy atom. The van der Waals surface area contributed by atoms with Crippen molar-refractivity contribution in [2.75, 3.05) is 25.4 Å². The summed E-state index contributed by atoms with van der Waals surface area (Å²) in [6, 6.07) is 9.20. The third-order valence-electron chi connectivity index (χ3n) is 2.81. The van der Waals surface area contributed by atoms with Gasteiger partial charge >= 0.3 is 0 Å². The van der Waals surface area contributed by atoms with E-state index in [4.69, 9.17) is 6.42 Å². The predicted octanol–water partition coefficient (Wildman–Crippen LogP) is 1.18. The summed E-state index contributed by atoms with van der Waals surface area (Å²) in [6.45, 7) is 3.51. The molecule has 22 heavy (non-hydrogen) atoms. The summed E-state index contributed by atoms with van der Waals surface area (Å²) < 4.78 is 24.1. The standard InChI is InChI=1S/C16H23N3O2S/c1-3-11-18-16(17-4-2)19-12-8-13-22(20,21)14-15-9-6-5-7-10-15/h1,5-7,9-10H,4,8,11-14H2,2H3,(H2,17,18,19). The minimum atomic E-state index is -3.10. The first-order chi connectivity index (χ1) is 10.6. The maximum absolute atomic E-state index is 12.0. The second kappa shape index (κ2) is 9.85. The van der Waals surface area contributed by atoms with Gasteiger partial charge in [0.2, 0.25) is 0 Å². The number of nitrogens with zero attached hydrogens (tertiary/aromatic N) is 1. The van der Waals surface area contributed by atoms with Gasteiger partial charge in [-0.1, -0.05) is 36.3 Å². The first kappa shape index (κ1) is 18.1. The molecule has 2 N–H and O–H groups in total. The van der Waals surface area contributed by atoms with E-state index >= 15 is 0 Å². The molecule has 0 aliphatic rings. The van der Waals surface area contributed by atoms with Crippen molar-refractivity contribution in [2.24, 2.45) is 4.99 Å². The Labute approximate surface area is 133 Å². The Balaban J connectivity index is 2.42. The van der Waals surface area contributed by atoms with E-state index in [1.165, 1.54) is 0 Å². The fourth-order valence-electron chi connectivity index (χ4n) is 1.85. The number of hydrogen-bond acceptors (Lipinski definition) is 3. The van der Waals surface area contributed by atoms with Crippen molar-refractivity contribution in [3.63, 3.8) is 0 Å². The molecule has 0 saturated heterocycles. The van der Waals surface area contributed by atoms with Gasteiger partial charge in [0.15, 0.2) is 15.8 Å². The van der Waals surface area contributed by atoms with E-state index in [-0.39, 0.29) is 11.5 Å². The minimum absolute atomic E-state index is 0.0764. The summed E-state index contributed by atoms with van der Waals surface area (Å²) >= 11 is 0. The first-order valence-electron chi connectivity index (χ1n) is 7.27. The number of rotatable bonds is 8. The van der Waals surface area contributed by atoms with Crippen LogP contribution in [0.4, 0.5) is 0 Å². The zero-order valence-corrected chi connectivity index (χ0v) is 13.7. The average Bonchev–Trinajstić information content (AvgIpc) is 2.49. The van der Waals surface area contributed by atoms with Crippen LogP contribution in [0.5, 0.6) is 0 Å². The van der Waals surface area contributed by atoms with E-state index in [9.17, 15) is 8.42 Å². The van der Waals surface area contributed by atoms with E-state index < -0.39 is 9.84 Å². The number of guanidine groups is 1. The second-order valence-electron chi connectivity index (χ2n) is 4.75. The van der Waals surface area contributed by atoms with Crippen LogP contribution < -0.4 is 10.6 Å². The topological polar surface area (TPSA) is 70.6 Å². The quantitative estimate of drug-likeness (QED) is 0.326. The van der Waals surface area contributed by atoms with E-state index in [1.54, 1.807) is 0 Å². The molecule has 5 nitrogen and oxygen atoms in total. The second-order valence-corrected chi connectivity index (χ2v) is 6.93.